The Morgan fingerprint density at radius 2 is 1.88 bits per heavy atom. The number of H-pyrrole nitrogens is 1. The summed E-state index contributed by atoms with van der Waals surface area (Å²) in [6.07, 6.45) is 3.95. The van der Waals surface area contributed by atoms with Crippen molar-refractivity contribution in [2.45, 2.75) is 30.9 Å². The van der Waals surface area contributed by atoms with Gasteiger partial charge in [0.05, 0.1) is 0 Å². The van der Waals surface area contributed by atoms with Gasteiger partial charge in [-0.15, -0.1) is 11.8 Å². The molecule has 0 aliphatic carbocycles. The lowest BCUT2D eigenvalue weighted by Gasteiger charge is -2.44. The van der Waals surface area contributed by atoms with Crippen molar-refractivity contribution in [3.05, 3.63) is 36.0 Å². The van der Waals surface area contributed by atoms with Gasteiger partial charge >= 0.3 is 0 Å². The van der Waals surface area contributed by atoms with E-state index in [0.717, 1.165) is 16.5 Å². The number of rotatable bonds is 4. The lowest BCUT2D eigenvalue weighted by Crippen LogP contribution is -2.76. The number of fused-ring (bicyclic) bond motifs is 1. The number of benzene rings is 1. The van der Waals surface area contributed by atoms with Crippen molar-refractivity contribution in [2.24, 2.45) is 5.92 Å². The maximum atomic E-state index is 12.8. The molecule has 3 rings (SSSR count). The van der Waals surface area contributed by atoms with Gasteiger partial charge in [0.15, 0.2) is 4.87 Å². The number of para-hydroxylation sites is 1. The fourth-order valence-corrected chi connectivity index (χ4v) is 3.69. The summed E-state index contributed by atoms with van der Waals surface area (Å²) in [4.78, 5) is 27.3. The highest BCUT2D eigenvalue weighted by molar-refractivity contribution is 8.00. The van der Waals surface area contributed by atoms with Crippen LogP contribution in [-0.4, -0.2) is 38.8 Å². The van der Waals surface area contributed by atoms with Crippen LogP contribution in [0.4, 0.5) is 0 Å². The summed E-state index contributed by atoms with van der Waals surface area (Å²) in [5, 5.41) is 16.7. The normalized spacial score (nSPS) is 27.4. The first-order chi connectivity index (χ1) is 11.3. The van der Waals surface area contributed by atoms with Gasteiger partial charge in [0.1, 0.15) is 0 Å². The molecule has 4 N–H and O–H groups in total. The third-order valence-corrected chi connectivity index (χ3v) is 5.76. The molecule has 7 heteroatoms. The van der Waals surface area contributed by atoms with Gasteiger partial charge in [0, 0.05) is 29.4 Å². The van der Waals surface area contributed by atoms with Crippen LogP contribution < -0.4 is 10.6 Å². The van der Waals surface area contributed by atoms with Gasteiger partial charge in [-0.3, -0.25) is 9.59 Å². The highest BCUT2D eigenvalue weighted by Gasteiger charge is 2.54. The zero-order valence-electron chi connectivity index (χ0n) is 13.8. The molecular weight excluding hydrogens is 326 g/mol. The Labute approximate surface area is 144 Å². The first kappa shape index (κ1) is 16.9. The Morgan fingerprint density at radius 3 is 2.54 bits per heavy atom. The van der Waals surface area contributed by atoms with E-state index in [1.54, 1.807) is 20.1 Å². The van der Waals surface area contributed by atoms with Gasteiger partial charge in [-0.05, 0) is 17.9 Å². The van der Waals surface area contributed by atoms with Crippen molar-refractivity contribution in [3.63, 3.8) is 0 Å². The van der Waals surface area contributed by atoms with Crippen LogP contribution in [0.25, 0.3) is 10.9 Å². The molecule has 2 atom stereocenters. The fourth-order valence-electron chi connectivity index (χ4n) is 2.96. The molecule has 2 heterocycles. The summed E-state index contributed by atoms with van der Waals surface area (Å²) in [6, 6.07) is 7.80. The Hall–Kier alpha value is -1.99. The van der Waals surface area contributed by atoms with Crippen LogP contribution in [-0.2, 0) is 16.0 Å². The van der Waals surface area contributed by atoms with E-state index in [9.17, 15) is 14.7 Å². The number of piperazine rings is 1. The Bertz CT molecular complexity index is 803. The molecular formula is C17H21N3O3S. The standard InChI is InChI=1S/C17H21N3O3S/c1-10(2)17(23)15(22)19-16(24-3,14(21)20-17)8-11-9-18-13-7-5-4-6-12(11)13/h4-7,9-10,18,23H,8H2,1-3H3,(H,19,22)(H,20,21). The zero-order chi connectivity index (χ0) is 17.5. The van der Waals surface area contributed by atoms with E-state index < -0.39 is 28.3 Å². The summed E-state index contributed by atoms with van der Waals surface area (Å²) in [5.74, 6) is -1.41. The van der Waals surface area contributed by atoms with E-state index in [0.29, 0.717) is 6.42 Å². The number of aromatic nitrogens is 1. The number of aliphatic hydroxyl groups is 1. The number of aromatic amines is 1. The van der Waals surface area contributed by atoms with Crippen molar-refractivity contribution in [2.75, 3.05) is 6.26 Å². The smallest absolute Gasteiger partial charge is 0.274 e. The van der Waals surface area contributed by atoms with E-state index in [2.05, 4.69) is 15.6 Å². The Balaban J connectivity index is 1.96. The van der Waals surface area contributed by atoms with Gasteiger partial charge in [-0.25, -0.2) is 0 Å². The Kier molecular flexibility index (Phi) is 4.09. The van der Waals surface area contributed by atoms with Crippen molar-refractivity contribution in [3.8, 4) is 0 Å². The maximum absolute atomic E-state index is 12.8. The molecule has 1 aromatic heterocycles. The van der Waals surface area contributed by atoms with Gasteiger partial charge in [0.25, 0.3) is 11.8 Å². The monoisotopic (exact) mass is 347 g/mol. The second-order valence-electron chi connectivity index (χ2n) is 6.40. The zero-order valence-corrected chi connectivity index (χ0v) is 14.7. The van der Waals surface area contributed by atoms with Gasteiger partial charge in [-0.1, -0.05) is 32.0 Å². The highest BCUT2D eigenvalue weighted by atomic mass is 32.2. The van der Waals surface area contributed by atoms with Crippen LogP contribution >= 0.6 is 11.8 Å². The number of hydrogen-bond acceptors (Lipinski definition) is 4. The van der Waals surface area contributed by atoms with Crippen molar-refractivity contribution >= 4 is 34.5 Å². The maximum Gasteiger partial charge on any atom is 0.274 e. The van der Waals surface area contributed by atoms with Gasteiger partial charge in [-0.2, -0.15) is 0 Å². The van der Waals surface area contributed by atoms with Gasteiger partial charge < -0.3 is 20.7 Å². The number of hydrogen-bond donors (Lipinski definition) is 4. The predicted molar refractivity (Wildman–Crippen MR) is 94.3 cm³/mol. The molecule has 2 aromatic rings. The quantitative estimate of drug-likeness (QED) is 0.672. The summed E-state index contributed by atoms with van der Waals surface area (Å²) in [5.41, 5.74) is 0.0339. The molecule has 1 fully saturated rings. The van der Waals surface area contributed by atoms with Crippen molar-refractivity contribution < 1.29 is 14.7 Å². The number of carbonyl (C=O) groups is 2. The van der Waals surface area contributed by atoms with Crippen LogP contribution in [0.2, 0.25) is 0 Å². The van der Waals surface area contributed by atoms with E-state index in [1.807, 2.05) is 30.5 Å². The minimum absolute atomic E-state index is 0.323. The van der Waals surface area contributed by atoms with E-state index in [-0.39, 0.29) is 0 Å². The van der Waals surface area contributed by atoms with Crippen LogP contribution in [0, 0.1) is 5.92 Å². The molecule has 128 valence electrons. The lowest BCUT2D eigenvalue weighted by molar-refractivity contribution is -0.164. The molecule has 1 aliphatic heterocycles. The topological polar surface area (TPSA) is 94.2 Å². The average molecular weight is 347 g/mol. The van der Waals surface area contributed by atoms with E-state index in [1.165, 1.54) is 11.8 Å². The summed E-state index contributed by atoms with van der Waals surface area (Å²) in [7, 11) is 0. The first-order valence-corrected chi connectivity index (χ1v) is 9.02. The molecule has 0 spiro atoms. The largest absolute Gasteiger partial charge is 0.363 e. The molecule has 24 heavy (non-hydrogen) atoms. The Morgan fingerprint density at radius 1 is 1.17 bits per heavy atom. The van der Waals surface area contributed by atoms with E-state index in [4.69, 9.17) is 0 Å². The summed E-state index contributed by atoms with van der Waals surface area (Å²) in [6.45, 7) is 3.37. The second-order valence-corrected chi connectivity index (χ2v) is 7.50. The second kappa shape index (κ2) is 5.82. The number of carbonyl (C=O) groups excluding carboxylic acids is 2. The van der Waals surface area contributed by atoms with Crippen LogP contribution in [0.3, 0.4) is 0 Å². The van der Waals surface area contributed by atoms with Crippen LogP contribution in [0.1, 0.15) is 19.4 Å². The highest BCUT2D eigenvalue weighted by Crippen LogP contribution is 2.33. The first-order valence-electron chi connectivity index (χ1n) is 7.80. The SMILES string of the molecule is CSC1(Cc2c[nH]c3ccccc23)NC(=O)C(O)(C(C)C)NC1=O. The minimum Gasteiger partial charge on any atom is -0.363 e. The van der Waals surface area contributed by atoms with Crippen molar-refractivity contribution in [1.29, 1.82) is 0 Å². The summed E-state index contributed by atoms with van der Waals surface area (Å²) < 4.78 is 0. The third kappa shape index (κ3) is 2.48. The van der Waals surface area contributed by atoms with Gasteiger partial charge in [0.2, 0.25) is 5.72 Å². The molecule has 0 bridgehead atoms. The molecule has 0 radical (unpaired) electrons. The third-order valence-electron chi connectivity index (χ3n) is 4.63. The summed E-state index contributed by atoms with van der Waals surface area (Å²) >= 11 is 1.26. The molecule has 2 amide bonds. The number of thioether (sulfide) groups is 1. The fraction of sp³-hybridized carbons (Fsp3) is 0.412. The molecule has 6 nitrogen and oxygen atoms in total. The molecule has 2 unspecified atom stereocenters. The van der Waals surface area contributed by atoms with E-state index >= 15 is 0 Å². The number of nitrogens with one attached hydrogen (secondary N) is 3. The average Bonchev–Trinajstić information content (AvgIpc) is 2.95. The van der Waals surface area contributed by atoms with Crippen LogP contribution in [0.5, 0.6) is 0 Å². The minimum atomic E-state index is -1.88. The van der Waals surface area contributed by atoms with Crippen molar-refractivity contribution in [1.82, 2.24) is 15.6 Å². The predicted octanol–water partition coefficient (Wildman–Crippen LogP) is 1.36. The molecule has 1 saturated heterocycles. The van der Waals surface area contributed by atoms with Crippen LogP contribution in [0.15, 0.2) is 30.5 Å². The molecule has 1 aromatic carbocycles. The molecule has 0 saturated carbocycles. The lowest BCUT2D eigenvalue weighted by atomic mass is 9.93. The molecule has 1 aliphatic rings. The number of amides is 2.